The second kappa shape index (κ2) is 9.64. The minimum Gasteiger partial charge on any atom is -0.0616 e. The Morgan fingerprint density at radius 1 is 0.319 bits per heavy atom. The number of benzene rings is 9. The van der Waals surface area contributed by atoms with Gasteiger partial charge in [-0.25, -0.2) is 0 Å². The van der Waals surface area contributed by atoms with Crippen LogP contribution in [0.15, 0.2) is 158 Å². The fourth-order valence-corrected chi connectivity index (χ4v) is 8.67. The zero-order valence-electron chi connectivity index (χ0n) is 26.5. The minimum atomic E-state index is -0.0572. The summed E-state index contributed by atoms with van der Waals surface area (Å²) in [5.41, 5.74) is 10.7. The summed E-state index contributed by atoms with van der Waals surface area (Å²) in [6.45, 7) is 4.75. The van der Waals surface area contributed by atoms with Gasteiger partial charge in [-0.3, -0.25) is 0 Å². The average Bonchev–Trinajstić information content (AvgIpc) is 3.36. The first-order valence-corrected chi connectivity index (χ1v) is 16.6. The van der Waals surface area contributed by atoms with Crippen LogP contribution in [0.4, 0.5) is 0 Å². The van der Waals surface area contributed by atoms with E-state index >= 15 is 0 Å². The molecule has 0 saturated carbocycles. The molecule has 47 heavy (non-hydrogen) atoms. The van der Waals surface area contributed by atoms with Crippen molar-refractivity contribution in [1.29, 1.82) is 0 Å². The van der Waals surface area contributed by atoms with E-state index in [-0.39, 0.29) is 5.41 Å². The Labute approximate surface area is 274 Å². The molecule has 0 unspecified atom stereocenters. The molecular weight excluding hydrogens is 565 g/mol. The molecule has 0 nitrogen and oxygen atoms in total. The van der Waals surface area contributed by atoms with Crippen molar-refractivity contribution in [3.63, 3.8) is 0 Å². The van der Waals surface area contributed by atoms with Gasteiger partial charge in [0, 0.05) is 5.41 Å². The lowest BCUT2D eigenvalue weighted by atomic mass is 9.81. The van der Waals surface area contributed by atoms with Gasteiger partial charge in [0.15, 0.2) is 0 Å². The fraction of sp³-hybridized carbons (Fsp3) is 0.0638. The molecule has 0 aromatic heterocycles. The Morgan fingerprint density at radius 3 is 1.51 bits per heavy atom. The summed E-state index contributed by atoms with van der Waals surface area (Å²) in [7, 11) is 0. The molecule has 0 spiro atoms. The largest absolute Gasteiger partial charge is 0.0616 e. The molecule has 0 saturated heterocycles. The van der Waals surface area contributed by atoms with Crippen molar-refractivity contribution in [2.75, 3.05) is 0 Å². The number of hydrogen-bond acceptors (Lipinski definition) is 0. The topological polar surface area (TPSA) is 0 Å². The molecule has 9 aromatic carbocycles. The van der Waals surface area contributed by atoms with Gasteiger partial charge in [0.05, 0.1) is 0 Å². The molecule has 0 amide bonds. The molecule has 0 radical (unpaired) electrons. The van der Waals surface area contributed by atoms with Crippen molar-refractivity contribution in [2.24, 2.45) is 0 Å². The van der Waals surface area contributed by atoms with Crippen molar-refractivity contribution in [1.82, 2.24) is 0 Å². The third-order valence-electron chi connectivity index (χ3n) is 10.8. The molecule has 0 bridgehead atoms. The van der Waals surface area contributed by atoms with E-state index in [1.54, 1.807) is 0 Å². The van der Waals surface area contributed by atoms with Crippen LogP contribution in [0, 0.1) is 0 Å². The van der Waals surface area contributed by atoms with Gasteiger partial charge in [0.25, 0.3) is 0 Å². The summed E-state index contributed by atoms with van der Waals surface area (Å²) in [4.78, 5) is 0. The third-order valence-corrected chi connectivity index (χ3v) is 10.8. The lowest BCUT2D eigenvalue weighted by molar-refractivity contribution is 0.661. The molecule has 0 fully saturated rings. The lowest BCUT2D eigenvalue weighted by Gasteiger charge is -2.22. The normalized spacial score (nSPS) is 13.5. The number of hydrogen-bond donors (Lipinski definition) is 0. The predicted octanol–water partition coefficient (Wildman–Crippen LogP) is 13.1. The molecule has 0 aliphatic heterocycles. The zero-order valence-corrected chi connectivity index (χ0v) is 26.5. The van der Waals surface area contributed by atoms with E-state index < -0.39 is 0 Å². The van der Waals surface area contributed by atoms with Crippen LogP contribution in [0.2, 0.25) is 0 Å². The summed E-state index contributed by atoms with van der Waals surface area (Å²) in [5.74, 6) is 0. The first-order chi connectivity index (χ1) is 23.1. The second-order valence-corrected chi connectivity index (χ2v) is 13.6. The van der Waals surface area contributed by atoms with Crippen molar-refractivity contribution < 1.29 is 0 Å². The highest BCUT2D eigenvalue weighted by atomic mass is 14.4. The van der Waals surface area contributed by atoms with Gasteiger partial charge in [-0.1, -0.05) is 159 Å². The van der Waals surface area contributed by atoms with Crippen LogP contribution >= 0.6 is 0 Å². The first-order valence-electron chi connectivity index (χ1n) is 16.6. The van der Waals surface area contributed by atoms with Crippen LogP contribution in [-0.2, 0) is 5.41 Å². The van der Waals surface area contributed by atoms with Gasteiger partial charge < -0.3 is 0 Å². The molecule has 0 heteroatoms. The van der Waals surface area contributed by atoms with Crippen molar-refractivity contribution in [3.8, 4) is 33.4 Å². The smallest absolute Gasteiger partial charge is 0.0159 e. The molecule has 10 rings (SSSR count). The fourth-order valence-electron chi connectivity index (χ4n) is 8.67. The summed E-state index contributed by atoms with van der Waals surface area (Å²) >= 11 is 0. The Hall–Kier alpha value is -5.72. The molecule has 220 valence electrons. The number of fused-ring (bicyclic) bond motifs is 10. The predicted molar refractivity (Wildman–Crippen MR) is 202 cm³/mol. The van der Waals surface area contributed by atoms with Gasteiger partial charge in [0.2, 0.25) is 0 Å². The summed E-state index contributed by atoms with van der Waals surface area (Å²) < 4.78 is 0. The van der Waals surface area contributed by atoms with Gasteiger partial charge in [-0.15, -0.1) is 0 Å². The second-order valence-electron chi connectivity index (χ2n) is 13.6. The molecule has 9 aromatic rings. The molecular formula is C47H32. The standard InChI is InChI=1S/C47H32/c1-47(2)42-25-24-31(28-41(42)46-33-16-6-3-13-29(33)23-26-43(46)47)44-36-19-9-11-21-38(36)45(39-22-12-10-20-37(39)44)40-27-30-14-4-5-15-32(30)34-17-7-8-18-35(34)40/h3-28H,1-2H3. The van der Waals surface area contributed by atoms with Gasteiger partial charge in [-0.05, 0) is 111 Å². The van der Waals surface area contributed by atoms with Crippen molar-refractivity contribution in [3.05, 3.63) is 169 Å². The first kappa shape index (κ1) is 26.5. The maximum absolute atomic E-state index is 2.48. The molecule has 0 heterocycles. The van der Waals surface area contributed by atoms with E-state index in [9.17, 15) is 0 Å². The summed E-state index contributed by atoms with van der Waals surface area (Å²) in [6, 6.07) is 58.9. The molecule has 1 aliphatic carbocycles. The minimum absolute atomic E-state index is 0.0572. The van der Waals surface area contributed by atoms with E-state index in [0.29, 0.717) is 0 Å². The van der Waals surface area contributed by atoms with E-state index in [4.69, 9.17) is 0 Å². The van der Waals surface area contributed by atoms with E-state index in [1.165, 1.54) is 98.4 Å². The highest BCUT2D eigenvalue weighted by Crippen LogP contribution is 2.53. The SMILES string of the molecule is CC1(C)c2ccc(-c3c4ccccc4c(-c4cc5ccccc5c5ccccc45)c4ccccc34)cc2-c2c1ccc1ccccc21. The van der Waals surface area contributed by atoms with Crippen LogP contribution in [0.3, 0.4) is 0 Å². The highest BCUT2D eigenvalue weighted by Gasteiger charge is 2.36. The third kappa shape index (κ3) is 3.64. The van der Waals surface area contributed by atoms with Crippen LogP contribution in [0.5, 0.6) is 0 Å². The van der Waals surface area contributed by atoms with Gasteiger partial charge >= 0.3 is 0 Å². The maximum atomic E-state index is 2.48. The van der Waals surface area contributed by atoms with Gasteiger partial charge in [0.1, 0.15) is 0 Å². The zero-order chi connectivity index (χ0) is 31.3. The average molecular weight is 597 g/mol. The summed E-state index contributed by atoms with van der Waals surface area (Å²) in [6.07, 6.45) is 0. The van der Waals surface area contributed by atoms with Crippen molar-refractivity contribution >= 4 is 53.9 Å². The monoisotopic (exact) mass is 596 g/mol. The van der Waals surface area contributed by atoms with Crippen LogP contribution < -0.4 is 0 Å². The van der Waals surface area contributed by atoms with Crippen LogP contribution in [0.1, 0.15) is 25.0 Å². The van der Waals surface area contributed by atoms with E-state index in [2.05, 4.69) is 172 Å². The molecule has 0 atom stereocenters. The Balaban J connectivity index is 1.31. The van der Waals surface area contributed by atoms with Crippen LogP contribution in [-0.4, -0.2) is 0 Å². The van der Waals surface area contributed by atoms with Crippen LogP contribution in [0.25, 0.3) is 87.2 Å². The molecule has 1 aliphatic rings. The maximum Gasteiger partial charge on any atom is 0.0159 e. The summed E-state index contributed by atoms with van der Waals surface area (Å²) in [5, 5.41) is 12.9. The van der Waals surface area contributed by atoms with E-state index in [1.807, 2.05) is 0 Å². The Bertz CT molecular complexity index is 2700. The van der Waals surface area contributed by atoms with Crippen molar-refractivity contribution in [2.45, 2.75) is 19.3 Å². The van der Waals surface area contributed by atoms with Gasteiger partial charge in [-0.2, -0.15) is 0 Å². The Kier molecular flexibility index (Phi) is 5.44. The lowest BCUT2D eigenvalue weighted by Crippen LogP contribution is -2.14. The number of rotatable bonds is 2. The Morgan fingerprint density at radius 2 is 0.830 bits per heavy atom. The highest BCUT2D eigenvalue weighted by molar-refractivity contribution is 6.26. The quantitative estimate of drug-likeness (QED) is 0.138. The van der Waals surface area contributed by atoms with E-state index in [0.717, 1.165) is 0 Å². The molecule has 0 N–H and O–H groups in total.